The van der Waals surface area contributed by atoms with Crippen LogP contribution >= 0.6 is 0 Å². The normalized spacial score (nSPS) is 17.7. The molecular weight excluding hydrogens is 246 g/mol. The third-order valence-corrected chi connectivity index (χ3v) is 4.41. The Hall–Kier alpha value is -1.31. The molecular formula is C18H27NO. The van der Waals surface area contributed by atoms with Crippen molar-refractivity contribution in [3.63, 3.8) is 0 Å². The molecule has 0 saturated heterocycles. The highest BCUT2D eigenvalue weighted by atomic mass is 16.1. The lowest BCUT2D eigenvalue weighted by atomic mass is 9.85. The van der Waals surface area contributed by atoms with Crippen LogP contribution in [0.15, 0.2) is 24.3 Å². The lowest BCUT2D eigenvalue weighted by molar-refractivity contribution is -0.122. The third-order valence-electron chi connectivity index (χ3n) is 4.41. The number of carbonyl (C=O) groups is 1. The molecule has 110 valence electrons. The van der Waals surface area contributed by atoms with Gasteiger partial charge in [-0.15, -0.1) is 0 Å². The van der Waals surface area contributed by atoms with Crippen molar-refractivity contribution in [2.45, 2.75) is 58.8 Å². The second kappa shape index (κ2) is 7.47. The van der Waals surface area contributed by atoms with E-state index in [1.54, 1.807) is 0 Å². The Kier molecular flexibility index (Phi) is 5.63. The summed E-state index contributed by atoms with van der Waals surface area (Å²) in [6.45, 7) is 4.37. The van der Waals surface area contributed by atoms with Crippen molar-refractivity contribution in [1.82, 2.24) is 0 Å². The van der Waals surface area contributed by atoms with E-state index in [2.05, 4.69) is 25.2 Å². The first-order chi connectivity index (χ1) is 9.74. The van der Waals surface area contributed by atoms with Gasteiger partial charge in [0, 0.05) is 11.6 Å². The quantitative estimate of drug-likeness (QED) is 0.839. The Morgan fingerprint density at radius 2 is 1.85 bits per heavy atom. The molecule has 2 heteroatoms. The van der Waals surface area contributed by atoms with E-state index in [0.29, 0.717) is 0 Å². The molecule has 2 nitrogen and oxygen atoms in total. The van der Waals surface area contributed by atoms with Gasteiger partial charge in [-0.25, -0.2) is 0 Å². The van der Waals surface area contributed by atoms with Crippen LogP contribution in [0.1, 0.15) is 57.9 Å². The number of nitrogens with one attached hydrogen (secondary N) is 1. The maximum atomic E-state index is 11.8. The maximum Gasteiger partial charge on any atom is 0.227 e. The van der Waals surface area contributed by atoms with Crippen molar-refractivity contribution >= 4 is 11.6 Å². The summed E-state index contributed by atoms with van der Waals surface area (Å²) >= 11 is 0. The SMILES string of the molecule is CCC1CC1.CCc1ccccc1NC(=O)C1CCC1. The Labute approximate surface area is 123 Å². The van der Waals surface area contributed by atoms with E-state index >= 15 is 0 Å². The van der Waals surface area contributed by atoms with Gasteiger partial charge < -0.3 is 5.32 Å². The van der Waals surface area contributed by atoms with Crippen molar-refractivity contribution in [2.24, 2.45) is 11.8 Å². The topological polar surface area (TPSA) is 29.1 Å². The van der Waals surface area contributed by atoms with E-state index in [0.717, 1.165) is 30.9 Å². The molecule has 0 atom stereocenters. The van der Waals surface area contributed by atoms with E-state index in [4.69, 9.17) is 0 Å². The number of benzene rings is 1. The Morgan fingerprint density at radius 1 is 1.15 bits per heavy atom. The first kappa shape index (κ1) is 15.1. The summed E-state index contributed by atoms with van der Waals surface area (Å²) in [5.41, 5.74) is 2.20. The molecule has 2 saturated carbocycles. The number of rotatable bonds is 4. The first-order valence-corrected chi connectivity index (χ1v) is 8.13. The molecule has 0 unspecified atom stereocenters. The minimum Gasteiger partial charge on any atom is -0.326 e. The predicted octanol–water partition coefficient (Wildman–Crippen LogP) is 4.79. The van der Waals surface area contributed by atoms with Crippen LogP contribution in [0.3, 0.4) is 0 Å². The third kappa shape index (κ3) is 4.36. The van der Waals surface area contributed by atoms with Crippen molar-refractivity contribution in [1.29, 1.82) is 0 Å². The zero-order valence-corrected chi connectivity index (χ0v) is 12.8. The summed E-state index contributed by atoms with van der Waals surface area (Å²) in [4.78, 5) is 11.8. The standard InChI is InChI=1S/C13H17NO.C5H10/c1-2-10-6-3-4-9-12(10)14-13(15)11-7-5-8-11;1-2-5-3-4-5/h3-4,6,9,11H,2,5,7-8H2,1H3,(H,14,15);5H,2-4H2,1H3. The fourth-order valence-corrected chi connectivity index (χ4v) is 2.38. The van der Waals surface area contributed by atoms with Crippen molar-refractivity contribution in [3.8, 4) is 0 Å². The number of anilines is 1. The number of carbonyl (C=O) groups excluding carboxylic acids is 1. The number of amides is 1. The summed E-state index contributed by atoms with van der Waals surface area (Å²) in [7, 11) is 0. The first-order valence-electron chi connectivity index (χ1n) is 8.13. The molecule has 0 aromatic heterocycles. The molecule has 2 fully saturated rings. The molecule has 3 rings (SSSR count). The van der Waals surface area contributed by atoms with Gasteiger partial charge >= 0.3 is 0 Å². The van der Waals surface area contributed by atoms with Crippen LogP contribution in [-0.4, -0.2) is 5.91 Å². The minimum absolute atomic E-state index is 0.196. The maximum absolute atomic E-state index is 11.8. The average molecular weight is 273 g/mol. The number of aryl methyl sites for hydroxylation is 1. The smallest absolute Gasteiger partial charge is 0.227 e. The van der Waals surface area contributed by atoms with Gasteiger partial charge in [-0.3, -0.25) is 4.79 Å². The second-order valence-electron chi connectivity index (χ2n) is 5.98. The lowest BCUT2D eigenvalue weighted by Crippen LogP contribution is -2.28. The Morgan fingerprint density at radius 3 is 2.30 bits per heavy atom. The fraction of sp³-hybridized carbons (Fsp3) is 0.611. The largest absolute Gasteiger partial charge is 0.326 e. The van der Waals surface area contributed by atoms with E-state index < -0.39 is 0 Å². The number of hydrogen-bond donors (Lipinski definition) is 1. The average Bonchev–Trinajstić information content (AvgIpc) is 3.22. The van der Waals surface area contributed by atoms with Gasteiger partial charge in [0.25, 0.3) is 0 Å². The zero-order chi connectivity index (χ0) is 14.4. The van der Waals surface area contributed by atoms with Crippen LogP contribution in [0.25, 0.3) is 0 Å². The van der Waals surface area contributed by atoms with Gasteiger partial charge in [0.2, 0.25) is 5.91 Å². The van der Waals surface area contributed by atoms with Crippen LogP contribution in [0.2, 0.25) is 0 Å². The summed E-state index contributed by atoms with van der Waals surface area (Å²) in [6, 6.07) is 8.03. The predicted molar refractivity (Wildman–Crippen MR) is 84.8 cm³/mol. The minimum atomic E-state index is 0.196. The number of hydrogen-bond acceptors (Lipinski definition) is 1. The zero-order valence-electron chi connectivity index (χ0n) is 12.8. The summed E-state index contributed by atoms with van der Waals surface area (Å²) < 4.78 is 0. The van der Waals surface area contributed by atoms with Crippen molar-refractivity contribution in [3.05, 3.63) is 29.8 Å². The highest BCUT2D eigenvalue weighted by Gasteiger charge is 2.25. The highest BCUT2D eigenvalue weighted by molar-refractivity contribution is 5.93. The van der Waals surface area contributed by atoms with Gasteiger partial charge in [0.1, 0.15) is 0 Å². The van der Waals surface area contributed by atoms with Gasteiger partial charge in [0.05, 0.1) is 0 Å². The molecule has 0 aliphatic heterocycles. The molecule has 20 heavy (non-hydrogen) atoms. The van der Waals surface area contributed by atoms with E-state index in [-0.39, 0.29) is 11.8 Å². The molecule has 2 aliphatic carbocycles. The summed E-state index contributed by atoms with van der Waals surface area (Å²) in [6.07, 6.45) is 8.71. The Bertz CT molecular complexity index is 433. The molecule has 1 aromatic rings. The van der Waals surface area contributed by atoms with Crippen LogP contribution < -0.4 is 5.32 Å². The van der Waals surface area contributed by atoms with Gasteiger partial charge in [0.15, 0.2) is 0 Å². The van der Waals surface area contributed by atoms with Crippen LogP contribution in [0, 0.1) is 11.8 Å². The van der Waals surface area contributed by atoms with Crippen LogP contribution in [0.5, 0.6) is 0 Å². The van der Waals surface area contributed by atoms with Crippen LogP contribution in [0.4, 0.5) is 5.69 Å². The molecule has 0 radical (unpaired) electrons. The molecule has 0 spiro atoms. The van der Waals surface area contributed by atoms with Crippen molar-refractivity contribution < 1.29 is 4.79 Å². The molecule has 0 heterocycles. The monoisotopic (exact) mass is 273 g/mol. The molecule has 1 aromatic carbocycles. The fourth-order valence-electron chi connectivity index (χ4n) is 2.38. The molecule has 2 aliphatic rings. The molecule has 1 amide bonds. The van der Waals surface area contributed by atoms with E-state index in [9.17, 15) is 4.79 Å². The lowest BCUT2D eigenvalue weighted by Gasteiger charge is -2.24. The van der Waals surface area contributed by atoms with Gasteiger partial charge in [-0.2, -0.15) is 0 Å². The van der Waals surface area contributed by atoms with Gasteiger partial charge in [-0.1, -0.05) is 57.7 Å². The van der Waals surface area contributed by atoms with Crippen LogP contribution in [-0.2, 0) is 11.2 Å². The second-order valence-corrected chi connectivity index (χ2v) is 5.98. The number of para-hydroxylation sites is 1. The van der Waals surface area contributed by atoms with Crippen molar-refractivity contribution in [2.75, 3.05) is 5.32 Å². The van der Waals surface area contributed by atoms with Gasteiger partial charge in [-0.05, 0) is 36.8 Å². The summed E-state index contributed by atoms with van der Waals surface area (Å²) in [5.74, 6) is 1.59. The highest BCUT2D eigenvalue weighted by Crippen LogP contribution is 2.31. The summed E-state index contributed by atoms with van der Waals surface area (Å²) in [5, 5.41) is 3.02. The molecule has 1 N–H and O–H groups in total. The van der Waals surface area contributed by atoms with E-state index in [1.165, 1.54) is 31.2 Å². The Balaban J connectivity index is 0.000000247. The molecule has 0 bridgehead atoms. The van der Waals surface area contributed by atoms with E-state index in [1.807, 2.05) is 18.2 Å².